The van der Waals surface area contributed by atoms with Crippen molar-refractivity contribution in [2.45, 2.75) is 31.8 Å². The molecular weight excluding hydrogens is 422 g/mol. The maximum Gasteiger partial charge on any atom is 0.315 e. The molecule has 2 atom stereocenters. The minimum Gasteiger partial charge on any atom is -0.461 e. The fourth-order valence-corrected chi connectivity index (χ4v) is 4.27. The Morgan fingerprint density at radius 3 is 2.70 bits per heavy atom. The third-order valence-corrected chi connectivity index (χ3v) is 6.22. The Kier molecular flexibility index (Phi) is 7.15. The summed E-state index contributed by atoms with van der Waals surface area (Å²) >= 11 is 7.53. The predicted molar refractivity (Wildman–Crippen MR) is 121 cm³/mol. The molecule has 2 aromatic rings. The van der Waals surface area contributed by atoms with Crippen molar-refractivity contribution in [1.29, 1.82) is 0 Å². The van der Waals surface area contributed by atoms with E-state index >= 15 is 0 Å². The van der Waals surface area contributed by atoms with Crippen LogP contribution in [0.25, 0.3) is 0 Å². The van der Waals surface area contributed by atoms with Crippen LogP contribution in [-0.2, 0) is 9.53 Å². The molecule has 30 heavy (non-hydrogen) atoms. The molecule has 1 N–H and O–H groups in total. The topological polar surface area (TPSA) is 84.4 Å². The summed E-state index contributed by atoms with van der Waals surface area (Å²) in [6, 6.07) is 7.09. The van der Waals surface area contributed by atoms with E-state index < -0.39 is 17.8 Å². The van der Waals surface area contributed by atoms with E-state index in [-0.39, 0.29) is 12.2 Å². The van der Waals surface area contributed by atoms with Crippen LogP contribution in [0.3, 0.4) is 0 Å². The van der Waals surface area contributed by atoms with Crippen LogP contribution in [0.2, 0.25) is 5.02 Å². The lowest BCUT2D eigenvalue weighted by Crippen LogP contribution is -2.37. The number of carbonyl (C=O) groups is 1. The average Bonchev–Trinajstić information content (AvgIpc) is 2.70. The Morgan fingerprint density at radius 2 is 2.07 bits per heavy atom. The highest BCUT2D eigenvalue weighted by molar-refractivity contribution is 7.99. The monoisotopic (exact) mass is 445 g/mol. The Balaban J connectivity index is 2.13. The molecule has 3 rings (SSSR count). The summed E-state index contributed by atoms with van der Waals surface area (Å²) in [4.78, 5) is 37.9. The number of aromatic amines is 1. The van der Waals surface area contributed by atoms with Gasteiger partial charge in [-0.3, -0.25) is 9.59 Å². The minimum atomic E-state index is -0.740. The average molecular weight is 446 g/mol. The summed E-state index contributed by atoms with van der Waals surface area (Å²) in [5, 5.41) is 1.09. The van der Waals surface area contributed by atoms with Crippen molar-refractivity contribution in [1.82, 2.24) is 9.97 Å². The van der Waals surface area contributed by atoms with Gasteiger partial charge in [-0.25, -0.2) is 9.98 Å². The highest BCUT2D eigenvalue weighted by atomic mass is 35.5. The number of ether oxygens (including phenoxy) is 1. The number of hydrogen-bond donors (Lipinski definition) is 1. The molecule has 8 heteroatoms. The zero-order valence-electron chi connectivity index (χ0n) is 17.1. The van der Waals surface area contributed by atoms with Crippen LogP contribution >= 0.6 is 23.4 Å². The Hall–Kier alpha value is -2.38. The van der Waals surface area contributed by atoms with Crippen molar-refractivity contribution >= 4 is 40.9 Å². The van der Waals surface area contributed by atoms with Crippen molar-refractivity contribution in [2.75, 3.05) is 12.4 Å². The number of carbonyl (C=O) groups excluding carboxylic acids is 1. The Labute approximate surface area is 184 Å². The normalized spacial score (nSPS) is 18.0. The second-order valence-corrected chi connectivity index (χ2v) is 8.94. The molecule has 6 nitrogen and oxygen atoms in total. The largest absolute Gasteiger partial charge is 0.461 e. The number of thioether (sulfide) groups is 1. The van der Waals surface area contributed by atoms with Crippen LogP contribution in [0.4, 0.5) is 5.82 Å². The quantitative estimate of drug-likeness (QED) is 0.287. The molecule has 0 saturated carbocycles. The van der Waals surface area contributed by atoms with Crippen LogP contribution in [0.15, 0.2) is 51.9 Å². The van der Waals surface area contributed by atoms with Gasteiger partial charge in [0.15, 0.2) is 11.0 Å². The van der Waals surface area contributed by atoms with Crippen LogP contribution in [0.1, 0.15) is 37.8 Å². The lowest BCUT2D eigenvalue weighted by molar-refractivity contribution is -0.145. The van der Waals surface area contributed by atoms with Crippen molar-refractivity contribution in [3.63, 3.8) is 0 Å². The molecule has 1 aromatic carbocycles. The number of benzene rings is 1. The van der Waals surface area contributed by atoms with E-state index in [1.807, 2.05) is 12.1 Å². The lowest BCUT2D eigenvalue weighted by atomic mass is 9.77. The van der Waals surface area contributed by atoms with Gasteiger partial charge in [-0.05, 0) is 30.5 Å². The van der Waals surface area contributed by atoms with E-state index in [1.54, 1.807) is 19.1 Å². The SMILES string of the molecule is C=CCOC(=O)C1C(C)=Nc2nc(SCC(C)C)[nH]c(=O)c2C1c1ccc(Cl)cc1. The van der Waals surface area contributed by atoms with Gasteiger partial charge in [0.1, 0.15) is 12.5 Å². The number of esters is 1. The maximum absolute atomic E-state index is 13.1. The standard InChI is InChI=1S/C22H24ClN3O3S/c1-5-10-29-21(28)16-13(4)24-19-18(17(16)14-6-8-15(23)9-7-14)20(27)26-22(25-19)30-11-12(2)3/h5-9,12,16-17H,1,10-11H2,2-4H3,(H,25,26,27). The number of H-pyrrole nitrogens is 1. The van der Waals surface area contributed by atoms with Gasteiger partial charge in [0.2, 0.25) is 0 Å². The number of aliphatic imine (C=N–C) groups is 1. The highest BCUT2D eigenvalue weighted by Gasteiger charge is 2.41. The number of aromatic nitrogens is 2. The number of hydrogen-bond acceptors (Lipinski definition) is 6. The number of nitrogens with zero attached hydrogens (tertiary/aromatic N) is 2. The van der Waals surface area contributed by atoms with E-state index in [1.165, 1.54) is 17.8 Å². The van der Waals surface area contributed by atoms with E-state index in [0.29, 0.717) is 33.2 Å². The minimum absolute atomic E-state index is 0.0855. The molecule has 1 aliphatic rings. The first-order valence-corrected chi connectivity index (χ1v) is 11.0. The molecule has 0 aliphatic carbocycles. The number of nitrogens with one attached hydrogen (secondary N) is 1. The van der Waals surface area contributed by atoms with Crippen molar-refractivity contribution in [3.8, 4) is 0 Å². The number of halogens is 1. The second kappa shape index (κ2) is 9.62. The zero-order chi connectivity index (χ0) is 21.8. The van der Waals surface area contributed by atoms with Gasteiger partial charge in [0.05, 0.1) is 5.56 Å². The summed E-state index contributed by atoms with van der Waals surface area (Å²) < 4.78 is 5.32. The van der Waals surface area contributed by atoms with Gasteiger partial charge in [0.25, 0.3) is 5.56 Å². The molecule has 0 radical (unpaired) electrons. The van der Waals surface area contributed by atoms with Gasteiger partial charge < -0.3 is 9.72 Å². The van der Waals surface area contributed by atoms with Crippen molar-refractivity contribution in [2.24, 2.45) is 16.8 Å². The Bertz CT molecular complexity index is 1030. The maximum atomic E-state index is 13.1. The number of rotatable bonds is 7. The Morgan fingerprint density at radius 1 is 1.37 bits per heavy atom. The summed E-state index contributed by atoms with van der Waals surface area (Å²) in [5.74, 6) is -0.160. The fraction of sp³-hybridized carbons (Fsp3) is 0.364. The molecule has 0 spiro atoms. The van der Waals surface area contributed by atoms with E-state index in [9.17, 15) is 9.59 Å². The van der Waals surface area contributed by atoms with Crippen LogP contribution in [-0.4, -0.2) is 34.0 Å². The van der Waals surface area contributed by atoms with Gasteiger partial charge in [0, 0.05) is 22.4 Å². The van der Waals surface area contributed by atoms with Gasteiger partial charge in [-0.2, -0.15) is 0 Å². The zero-order valence-corrected chi connectivity index (χ0v) is 18.7. The van der Waals surface area contributed by atoms with Crippen molar-refractivity contribution in [3.05, 3.63) is 63.4 Å². The molecule has 1 aromatic heterocycles. The van der Waals surface area contributed by atoms with Crippen LogP contribution in [0, 0.1) is 11.8 Å². The lowest BCUT2D eigenvalue weighted by Gasteiger charge is -2.30. The number of fused-ring (bicyclic) bond motifs is 1. The molecule has 0 amide bonds. The first-order valence-electron chi connectivity index (χ1n) is 9.67. The third-order valence-electron chi connectivity index (χ3n) is 4.67. The highest BCUT2D eigenvalue weighted by Crippen LogP contribution is 2.41. The predicted octanol–water partition coefficient (Wildman–Crippen LogP) is 4.75. The second-order valence-electron chi connectivity index (χ2n) is 7.49. The third kappa shape index (κ3) is 4.84. The van der Waals surface area contributed by atoms with E-state index in [4.69, 9.17) is 16.3 Å². The molecule has 0 saturated heterocycles. The molecule has 2 unspecified atom stereocenters. The van der Waals surface area contributed by atoms with E-state index in [0.717, 1.165) is 11.3 Å². The molecule has 158 valence electrons. The summed E-state index contributed by atoms with van der Waals surface area (Å²) in [6.07, 6.45) is 1.50. The van der Waals surface area contributed by atoms with Crippen LogP contribution < -0.4 is 5.56 Å². The molecular formula is C22H24ClN3O3S. The molecule has 1 aliphatic heterocycles. The van der Waals surface area contributed by atoms with Gasteiger partial charge >= 0.3 is 5.97 Å². The fourth-order valence-electron chi connectivity index (χ4n) is 3.34. The first kappa shape index (κ1) is 22.3. The molecule has 0 fully saturated rings. The summed E-state index contributed by atoms with van der Waals surface area (Å²) in [6.45, 7) is 9.63. The van der Waals surface area contributed by atoms with Crippen LogP contribution in [0.5, 0.6) is 0 Å². The smallest absolute Gasteiger partial charge is 0.315 e. The van der Waals surface area contributed by atoms with Crippen molar-refractivity contribution < 1.29 is 9.53 Å². The first-order chi connectivity index (χ1) is 14.3. The van der Waals surface area contributed by atoms with Gasteiger partial charge in [-0.15, -0.1) is 0 Å². The van der Waals surface area contributed by atoms with E-state index in [2.05, 4.69) is 35.4 Å². The molecule has 2 heterocycles. The summed E-state index contributed by atoms with van der Waals surface area (Å²) in [7, 11) is 0. The molecule has 0 bridgehead atoms. The summed E-state index contributed by atoms with van der Waals surface area (Å²) in [5.41, 5.74) is 1.38. The van der Waals surface area contributed by atoms with Gasteiger partial charge in [-0.1, -0.05) is 62.0 Å².